The molecule has 0 radical (unpaired) electrons. The summed E-state index contributed by atoms with van der Waals surface area (Å²) in [4.78, 5) is 0. The van der Waals surface area contributed by atoms with Crippen molar-refractivity contribution in [3.05, 3.63) is 29.8 Å². The molecule has 12 heavy (non-hydrogen) atoms. The number of hydrogen-bond donors (Lipinski definition) is 3. The SMILES string of the molecule is NCC#Cc1ccc(NN)cc1. The van der Waals surface area contributed by atoms with E-state index in [0.717, 1.165) is 11.3 Å². The Balaban J connectivity index is 2.78. The normalized spacial score (nSPS) is 8.50. The Labute approximate surface area is 71.7 Å². The minimum absolute atomic E-state index is 0.386. The van der Waals surface area contributed by atoms with Gasteiger partial charge in [-0.1, -0.05) is 11.8 Å². The van der Waals surface area contributed by atoms with E-state index in [9.17, 15) is 0 Å². The first-order valence-electron chi connectivity index (χ1n) is 3.62. The number of anilines is 1. The Hall–Kier alpha value is -1.50. The fourth-order valence-corrected chi connectivity index (χ4v) is 0.803. The molecule has 1 aromatic rings. The second kappa shape index (κ2) is 4.39. The summed E-state index contributed by atoms with van der Waals surface area (Å²) in [6.45, 7) is 0.386. The van der Waals surface area contributed by atoms with Crippen molar-refractivity contribution >= 4 is 5.69 Å². The molecule has 0 aromatic heterocycles. The van der Waals surface area contributed by atoms with E-state index in [-0.39, 0.29) is 0 Å². The molecule has 0 saturated carbocycles. The van der Waals surface area contributed by atoms with Gasteiger partial charge in [0.1, 0.15) is 0 Å². The molecular weight excluding hydrogens is 150 g/mol. The van der Waals surface area contributed by atoms with Crippen molar-refractivity contribution in [2.24, 2.45) is 11.6 Å². The number of hydrazine groups is 1. The topological polar surface area (TPSA) is 64.1 Å². The van der Waals surface area contributed by atoms with E-state index in [1.54, 1.807) is 0 Å². The molecule has 3 heteroatoms. The molecule has 3 nitrogen and oxygen atoms in total. The summed E-state index contributed by atoms with van der Waals surface area (Å²) in [5.74, 6) is 10.9. The van der Waals surface area contributed by atoms with Gasteiger partial charge in [-0.05, 0) is 24.3 Å². The lowest BCUT2D eigenvalue weighted by molar-refractivity contribution is 1.30. The van der Waals surface area contributed by atoms with Crippen molar-refractivity contribution in [2.45, 2.75) is 0 Å². The van der Waals surface area contributed by atoms with Gasteiger partial charge in [0.05, 0.1) is 6.54 Å². The maximum absolute atomic E-state index is 5.23. The van der Waals surface area contributed by atoms with Crippen molar-refractivity contribution < 1.29 is 0 Å². The maximum atomic E-state index is 5.23. The lowest BCUT2D eigenvalue weighted by Gasteiger charge is -1.97. The van der Waals surface area contributed by atoms with Crippen LogP contribution in [0.2, 0.25) is 0 Å². The highest BCUT2D eigenvalue weighted by Gasteiger charge is 1.87. The van der Waals surface area contributed by atoms with Crippen LogP contribution in [0.4, 0.5) is 5.69 Å². The highest BCUT2D eigenvalue weighted by atomic mass is 15.2. The first kappa shape index (κ1) is 8.60. The molecule has 62 valence electrons. The average Bonchev–Trinajstić information content (AvgIpc) is 2.15. The smallest absolute Gasteiger partial charge is 0.0555 e. The van der Waals surface area contributed by atoms with E-state index in [0.29, 0.717) is 6.54 Å². The van der Waals surface area contributed by atoms with Crippen LogP contribution in [0.3, 0.4) is 0 Å². The summed E-state index contributed by atoms with van der Waals surface area (Å²) >= 11 is 0. The summed E-state index contributed by atoms with van der Waals surface area (Å²) in [5.41, 5.74) is 9.58. The number of benzene rings is 1. The van der Waals surface area contributed by atoms with Crippen molar-refractivity contribution in [3.8, 4) is 11.8 Å². The minimum atomic E-state index is 0.386. The van der Waals surface area contributed by atoms with E-state index in [1.807, 2.05) is 24.3 Å². The number of hydrogen-bond acceptors (Lipinski definition) is 3. The lowest BCUT2D eigenvalue weighted by atomic mass is 10.2. The molecule has 0 saturated heterocycles. The fraction of sp³-hybridized carbons (Fsp3) is 0.111. The summed E-state index contributed by atoms with van der Waals surface area (Å²) in [6.07, 6.45) is 0. The van der Waals surface area contributed by atoms with Crippen LogP contribution < -0.4 is 17.0 Å². The van der Waals surface area contributed by atoms with Gasteiger partial charge in [0.2, 0.25) is 0 Å². The first-order chi connectivity index (χ1) is 5.86. The highest BCUT2D eigenvalue weighted by molar-refractivity contribution is 5.47. The maximum Gasteiger partial charge on any atom is 0.0555 e. The Morgan fingerprint density at radius 3 is 2.42 bits per heavy atom. The third kappa shape index (κ3) is 2.27. The zero-order valence-electron chi connectivity index (χ0n) is 6.67. The molecular formula is C9H11N3. The van der Waals surface area contributed by atoms with Crippen LogP contribution >= 0.6 is 0 Å². The minimum Gasteiger partial charge on any atom is -0.324 e. The third-order valence-electron chi connectivity index (χ3n) is 1.39. The van der Waals surface area contributed by atoms with Gasteiger partial charge in [0.15, 0.2) is 0 Å². The predicted octanol–water partition coefficient (Wildman–Crippen LogP) is 0.282. The number of nitrogens with two attached hydrogens (primary N) is 2. The van der Waals surface area contributed by atoms with Crippen molar-refractivity contribution in [2.75, 3.05) is 12.0 Å². The first-order valence-corrected chi connectivity index (χ1v) is 3.62. The van der Waals surface area contributed by atoms with E-state index in [2.05, 4.69) is 17.3 Å². The van der Waals surface area contributed by atoms with Gasteiger partial charge in [-0.15, -0.1) is 0 Å². The Morgan fingerprint density at radius 1 is 1.25 bits per heavy atom. The van der Waals surface area contributed by atoms with Gasteiger partial charge < -0.3 is 11.2 Å². The van der Waals surface area contributed by atoms with Crippen molar-refractivity contribution in [1.29, 1.82) is 0 Å². The molecule has 1 aromatic carbocycles. The third-order valence-corrected chi connectivity index (χ3v) is 1.39. The van der Waals surface area contributed by atoms with Gasteiger partial charge in [-0.3, -0.25) is 5.84 Å². The second-order valence-electron chi connectivity index (χ2n) is 2.23. The average molecular weight is 161 g/mol. The van der Waals surface area contributed by atoms with Crippen LogP contribution in [0.5, 0.6) is 0 Å². The van der Waals surface area contributed by atoms with Crippen molar-refractivity contribution in [3.63, 3.8) is 0 Å². The van der Waals surface area contributed by atoms with E-state index in [1.165, 1.54) is 0 Å². The predicted molar refractivity (Wildman–Crippen MR) is 50.2 cm³/mol. The van der Waals surface area contributed by atoms with Gasteiger partial charge in [0, 0.05) is 11.3 Å². The largest absolute Gasteiger partial charge is 0.324 e. The monoisotopic (exact) mass is 161 g/mol. The molecule has 0 fully saturated rings. The van der Waals surface area contributed by atoms with Gasteiger partial charge in [-0.2, -0.15) is 0 Å². The molecule has 1 rings (SSSR count). The Bertz CT molecular complexity index is 292. The highest BCUT2D eigenvalue weighted by Crippen LogP contribution is 2.06. The van der Waals surface area contributed by atoms with Gasteiger partial charge in [0.25, 0.3) is 0 Å². The molecule has 0 spiro atoms. The van der Waals surface area contributed by atoms with Gasteiger partial charge >= 0.3 is 0 Å². The number of nitrogen functional groups attached to an aromatic ring is 1. The zero-order chi connectivity index (χ0) is 8.81. The molecule has 0 amide bonds. The van der Waals surface area contributed by atoms with Crippen LogP contribution in [0.1, 0.15) is 5.56 Å². The van der Waals surface area contributed by atoms with Crippen LogP contribution in [0.15, 0.2) is 24.3 Å². The fourth-order valence-electron chi connectivity index (χ4n) is 0.803. The standard InChI is InChI=1S/C9H11N3/c10-7-1-2-8-3-5-9(12-11)6-4-8/h3-6,12H,7,10-11H2. The van der Waals surface area contributed by atoms with Crippen LogP contribution in [-0.4, -0.2) is 6.54 Å². The van der Waals surface area contributed by atoms with E-state index in [4.69, 9.17) is 11.6 Å². The molecule has 0 aliphatic rings. The molecule has 0 aliphatic heterocycles. The summed E-state index contributed by atoms with van der Waals surface area (Å²) in [7, 11) is 0. The van der Waals surface area contributed by atoms with Gasteiger partial charge in [-0.25, -0.2) is 0 Å². The number of nitrogens with one attached hydrogen (secondary N) is 1. The summed E-state index contributed by atoms with van der Waals surface area (Å²) < 4.78 is 0. The van der Waals surface area contributed by atoms with Crippen LogP contribution in [-0.2, 0) is 0 Å². The van der Waals surface area contributed by atoms with E-state index >= 15 is 0 Å². The molecule has 0 heterocycles. The zero-order valence-corrected chi connectivity index (χ0v) is 6.67. The Morgan fingerprint density at radius 2 is 1.92 bits per heavy atom. The van der Waals surface area contributed by atoms with E-state index < -0.39 is 0 Å². The molecule has 0 bridgehead atoms. The summed E-state index contributed by atoms with van der Waals surface area (Å²) in [6, 6.07) is 7.50. The molecule has 0 atom stereocenters. The molecule has 0 unspecified atom stereocenters. The quantitative estimate of drug-likeness (QED) is 0.315. The second-order valence-corrected chi connectivity index (χ2v) is 2.23. The lowest BCUT2D eigenvalue weighted by Crippen LogP contribution is -2.06. The molecule has 0 aliphatic carbocycles. The van der Waals surface area contributed by atoms with Crippen LogP contribution in [0.25, 0.3) is 0 Å². The summed E-state index contributed by atoms with van der Waals surface area (Å²) in [5, 5.41) is 0. The number of rotatable bonds is 1. The van der Waals surface area contributed by atoms with Crippen LogP contribution in [0, 0.1) is 11.8 Å². The Kier molecular flexibility index (Phi) is 3.15. The molecule has 5 N–H and O–H groups in total. The van der Waals surface area contributed by atoms with Crippen molar-refractivity contribution in [1.82, 2.24) is 0 Å².